The third-order valence-electron chi connectivity index (χ3n) is 4.72. The van der Waals surface area contributed by atoms with E-state index in [0.717, 1.165) is 34.3 Å². The van der Waals surface area contributed by atoms with Crippen LogP contribution in [0.25, 0.3) is 0 Å². The van der Waals surface area contributed by atoms with E-state index in [1.165, 1.54) is 11.8 Å². The number of hydrogen-bond donors (Lipinski definition) is 2. The number of rotatable bonds is 3. The van der Waals surface area contributed by atoms with Crippen LogP contribution in [-0.2, 0) is 4.79 Å². The third kappa shape index (κ3) is 3.03. The number of nitrogens with one attached hydrogen (secondary N) is 2. The van der Waals surface area contributed by atoms with E-state index in [4.69, 9.17) is 0 Å². The molecule has 0 amide bonds. The molecule has 7 heteroatoms. The topological polar surface area (TPSA) is 74.8 Å². The highest BCUT2D eigenvalue weighted by molar-refractivity contribution is 9.10. The summed E-state index contributed by atoms with van der Waals surface area (Å²) in [5, 5.41) is 3.89. The minimum absolute atomic E-state index is 0.115. The van der Waals surface area contributed by atoms with Crippen LogP contribution >= 0.6 is 27.7 Å². The molecule has 134 valence electrons. The van der Waals surface area contributed by atoms with Crippen molar-refractivity contribution in [3.05, 3.63) is 61.5 Å². The first-order valence-corrected chi connectivity index (χ1v) is 10.4. The second-order valence-electron chi connectivity index (χ2n) is 6.34. The first kappa shape index (κ1) is 17.5. The molecule has 1 unspecified atom stereocenters. The number of hydrogen-bond acceptors (Lipinski definition) is 5. The van der Waals surface area contributed by atoms with Gasteiger partial charge < -0.3 is 10.3 Å². The predicted molar refractivity (Wildman–Crippen MR) is 107 cm³/mol. The number of ketones is 1. The number of halogens is 1. The molecule has 1 aliphatic heterocycles. The molecule has 0 spiro atoms. The Morgan fingerprint density at radius 3 is 2.73 bits per heavy atom. The van der Waals surface area contributed by atoms with Crippen molar-refractivity contribution in [2.75, 3.05) is 11.1 Å². The molecule has 0 fully saturated rings. The number of Topliss-reactive ketones (excluding diaryl/α,β-unsaturated/α-hetero) is 1. The summed E-state index contributed by atoms with van der Waals surface area (Å²) in [7, 11) is 0. The Hall–Kier alpha value is -1.86. The molecule has 0 bridgehead atoms. The zero-order valence-corrected chi connectivity index (χ0v) is 16.7. The lowest BCUT2D eigenvalue weighted by atomic mass is 9.76. The number of H-pyrrole nitrogens is 1. The zero-order valence-electron chi connectivity index (χ0n) is 14.3. The van der Waals surface area contributed by atoms with E-state index in [0.29, 0.717) is 28.5 Å². The molecule has 0 saturated heterocycles. The van der Waals surface area contributed by atoms with Crippen LogP contribution in [0.15, 0.2) is 50.0 Å². The first-order valence-electron chi connectivity index (χ1n) is 8.64. The molecule has 1 aromatic heterocycles. The molecule has 0 radical (unpaired) electrons. The SMILES string of the molecule is CCSc1nc2c(c(=O)[nH]1)C(c1ccc(Br)cc1)C1=C(CCCC1=O)N2. The summed E-state index contributed by atoms with van der Waals surface area (Å²) >= 11 is 4.94. The van der Waals surface area contributed by atoms with Crippen LogP contribution in [0.3, 0.4) is 0 Å². The Morgan fingerprint density at radius 1 is 1.23 bits per heavy atom. The normalized spacial score (nSPS) is 19.0. The van der Waals surface area contributed by atoms with Crippen molar-refractivity contribution in [1.29, 1.82) is 0 Å². The van der Waals surface area contributed by atoms with E-state index in [9.17, 15) is 9.59 Å². The Kier molecular flexibility index (Phi) is 4.75. The van der Waals surface area contributed by atoms with Gasteiger partial charge in [-0.2, -0.15) is 0 Å². The minimum Gasteiger partial charge on any atom is -0.343 e. The summed E-state index contributed by atoms with van der Waals surface area (Å²) in [6.07, 6.45) is 2.16. The van der Waals surface area contributed by atoms with Gasteiger partial charge in [0.05, 0.1) is 5.56 Å². The van der Waals surface area contributed by atoms with E-state index in [1.807, 2.05) is 31.2 Å². The summed E-state index contributed by atoms with van der Waals surface area (Å²) in [6, 6.07) is 7.80. The summed E-state index contributed by atoms with van der Waals surface area (Å²) in [6.45, 7) is 2.02. The van der Waals surface area contributed by atoms with Gasteiger partial charge in [-0.15, -0.1) is 0 Å². The van der Waals surface area contributed by atoms with Crippen molar-refractivity contribution in [3.8, 4) is 0 Å². The number of benzene rings is 1. The number of aromatic amines is 1. The molecule has 2 heterocycles. The molecule has 4 rings (SSSR count). The lowest BCUT2D eigenvalue weighted by Gasteiger charge is -2.32. The number of carbonyl (C=O) groups excluding carboxylic acids is 1. The molecular weight excluding hydrogens is 414 g/mol. The van der Waals surface area contributed by atoms with Crippen molar-refractivity contribution in [1.82, 2.24) is 9.97 Å². The second kappa shape index (κ2) is 7.04. The highest BCUT2D eigenvalue weighted by atomic mass is 79.9. The molecule has 0 saturated carbocycles. The van der Waals surface area contributed by atoms with Crippen LogP contribution in [-0.4, -0.2) is 21.5 Å². The van der Waals surface area contributed by atoms with Crippen LogP contribution in [0, 0.1) is 0 Å². The quantitative estimate of drug-likeness (QED) is 0.562. The monoisotopic (exact) mass is 431 g/mol. The van der Waals surface area contributed by atoms with Gasteiger partial charge in [-0.05, 0) is 36.3 Å². The van der Waals surface area contributed by atoms with Gasteiger partial charge in [0.2, 0.25) is 0 Å². The molecule has 26 heavy (non-hydrogen) atoms. The van der Waals surface area contributed by atoms with Crippen LogP contribution in [0.2, 0.25) is 0 Å². The predicted octanol–water partition coefficient (Wildman–Crippen LogP) is 4.21. The fourth-order valence-corrected chi connectivity index (χ4v) is 4.49. The van der Waals surface area contributed by atoms with Crippen molar-refractivity contribution < 1.29 is 4.79 Å². The first-order chi connectivity index (χ1) is 12.6. The lowest BCUT2D eigenvalue weighted by molar-refractivity contribution is -0.116. The number of fused-ring (bicyclic) bond motifs is 1. The average Bonchev–Trinajstić information content (AvgIpc) is 2.61. The maximum Gasteiger partial charge on any atom is 0.257 e. The molecule has 2 aliphatic rings. The van der Waals surface area contributed by atoms with E-state index in [-0.39, 0.29) is 17.3 Å². The Morgan fingerprint density at radius 2 is 2.00 bits per heavy atom. The van der Waals surface area contributed by atoms with E-state index < -0.39 is 0 Å². The fourth-order valence-electron chi connectivity index (χ4n) is 3.63. The van der Waals surface area contributed by atoms with Crippen molar-refractivity contribution >= 4 is 39.3 Å². The van der Waals surface area contributed by atoms with Crippen molar-refractivity contribution in [2.24, 2.45) is 0 Å². The number of aromatic nitrogens is 2. The van der Waals surface area contributed by atoms with Gasteiger partial charge in [-0.3, -0.25) is 9.59 Å². The Labute approximate surface area is 163 Å². The molecular formula is C19H18BrN3O2S. The standard InChI is InChI=1S/C19H18BrN3O2S/c1-2-26-19-22-17-16(18(25)23-19)14(10-6-8-11(20)9-7-10)15-12(21-17)4-3-5-13(15)24/h6-9,14H,2-5H2,1H3,(H2,21,22,23,25). The van der Waals surface area contributed by atoms with E-state index in [1.54, 1.807) is 0 Å². The fraction of sp³-hybridized carbons (Fsp3) is 0.316. The van der Waals surface area contributed by atoms with Gasteiger partial charge in [0, 0.05) is 28.1 Å². The van der Waals surface area contributed by atoms with Gasteiger partial charge in [-0.25, -0.2) is 4.98 Å². The second-order valence-corrected chi connectivity index (χ2v) is 8.51. The van der Waals surface area contributed by atoms with Gasteiger partial charge in [-0.1, -0.05) is 46.7 Å². The average molecular weight is 432 g/mol. The summed E-state index contributed by atoms with van der Waals surface area (Å²) in [5.41, 5.74) is 2.90. The maximum absolute atomic E-state index is 12.9. The largest absolute Gasteiger partial charge is 0.343 e. The lowest BCUT2D eigenvalue weighted by Crippen LogP contribution is -2.32. The van der Waals surface area contributed by atoms with Crippen LogP contribution < -0.4 is 10.9 Å². The third-order valence-corrected chi connectivity index (χ3v) is 6.00. The van der Waals surface area contributed by atoms with Crippen LogP contribution in [0.1, 0.15) is 43.2 Å². The summed E-state index contributed by atoms with van der Waals surface area (Å²) in [5.74, 6) is 1.14. The van der Waals surface area contributed by atoms with E-state index >= 15 is 0 Å². The van der Waals surface area contributed by atoms with E-state index in [2.05, 4.69) is 31.2 Å². The molecule has 1 aromatic carbocycles. The van der Waals surface area contributed by atoms with Crippen molar-refractivity contribution in [2.45, 2.75) is 37.3 Å². The number of nitrogens with zero attached hydrogens (tertiary/aromatic N) is 1. The van der Waals surface area contributed by atoms with Crippen molar-refractivity contribution in [3.63, 3.8) is 0 Å². The molecule has 2 aromatic rings. The number of anilines is 1. The van der Waals surface area contributed by atoms with Crippen LogP contribution in [0.5, 0.6) is 0 Å². The minimum atomic E-state index is -0.376. The number of thioether (sulfide) groups is 1. The summed E-state index contributed by atoms with van der Waals surface area (Å²) in [4.78, 5) is 33.1. The molecule has 1 atom stereocenters. The molecule has 1 aliphatic carbocycles. The number of carbonyl (C=O) groups is 1. The van der Waals surface area contributed by atoms with Crippen LogP contribution in [0.4, 0.5) is 5.82 Å². The number of allylic oxidation sites excluding steroid dienone is 2. The maximum atomic E-state index is 12.9. The Bertz CT molecular complexity index is 966. The molecule has 2 N–H and O–H groups in total. The smallest absolute Gasteiger partial charge is 0.257 e. The molecule has 5 nitrogen and oxygen atoms in total. The van der Waals surface area contributed by atoms with Gasteiger partial charge in [0.1, 0.15) is 5.82 Å². The highest BCUT2D eigenvalue weighted by Crippen LogP contribution is 2.43. The summed E-state index contributed by atoms with van der Waals surface area (Å²) < 4.78 is 0.960. The van der Waals surface area contributed by atoms with Gasteiger partial charge >= 0.3 is 0 Å². The van der Waals surface area contributed by atoms with Gasteiger partial charge in [0.25, 0.3) is 5.56 Å². The Balaban J connectivity index is 1.94. The highest BCUT2D eigenvalue weighted by Gasteiger charge is 2.37. The zero-order chi connectivity index (χ0) is 18.3. The van der Waals surface area contributed by atoms with Gasteiger partial charge in [0.15, 0.2) is 10.9 Å².